The van der Waals surface area contributed by atoms with Crippen LogP contribution in [-0.2, 0) is 6.42 Å². The Morgan fingerprint density at radius 2 is 1.95 bits per heavy atom. The van der Waals surface area contributed by atoms with Gasteiger partial charge in [-0.05, 0) is 26.3 Å². The number of hydrogen-bond donors (Lipinski definition) is 1. The zero-order valence-electron chi connectivity index (χ0n) is 12.5. The quantitative estimate of drug-likeness (QED) is 0.799. The van der Waals surface area contributed by atoms with Crippen molar-refractivity contribution in [2.75, 3.05) is 0 Å². The van der Waals surface area contributed by atoms with Gasteiger partial charge in [0.25, 0.3) is 0 Å². The van der Waals surface area contributed by atoms with Gasteiger partial charge in [0.2, 0.25) is 0 Å². The number of hydrogen-bond acceptors (Lipinski definition) is 3. The van der Waals surface area contributed by atoms with Gasteiger partial charge in [0.15, 0.2) is 17.5 Å². The van der Waals surface area contributed by atoms with E-state index in [0.717, 1.165) is 29.6 Å². The summed E-state index contributed by atoms with van der Waals surface area (Å²) >= 11 is 0. The second-order valence-corrected chi connectivity index (χ2v) is 5.47. The molecule has 3 aromatic rings. The zero-order valence-corrected chi connectivity index (χ0v) is 12.5. The monoisotopic (exact) mass is 281 g/mol. The summed E-state index contributed by atoms with van der Waals surface area (Å²) in [6.07, 6.45) is 2.54. The largest absolute Gasteiger partial charge is 0.339 e. The van der Waals surface area contributed by atoms with E-state index in [2.05, 4.69) is 46.0 Å². The molecule has 0 unspecified atom stereocenters. The standard InChI is InChI=1S/C16H19N5/c1-11(2)21-16(15-17-10-12(3)18-15)19-14(20-21)9-13-7-5-4-6-8-13/h4-8,10-11H,9H2,1-3H3,(H,17,18). The number of aryl methyl sites for hydroxylation is 1. The van der Waals surface area contributed by atoms with Crippen LogP contribution in [0.4, 0.5) is 0 Å². The number of imidazole rings is 1. The number of aromatic amines is 1. The van der Waals surface area contributed by atoms with E-state index in [1.54, 1.807) is 0 Å². The van der Waals surface area contributed by atoms with Crippen molar-refractivity contribution >= 4 is 0 Å². The molecule has 0 aliphatic heterocycles. The Labute approximate surface area is 124 Å². The van der Waals surface area contributed by atoms with Crippen LogP contribution in [0.25, 0.3) is 11.6 Å². The lowest BCUT2D eigenvalue weighted by Crippen LogP contribution is -2.06. The highest BCUT2D eigenvalue weighted by Gasteiger charge is 2.16. The van der Waals surface area contributed by atoms with Crippen LogP contribution in [0.3, 0.4) is 0 Å². The van der Waals surface area contributed by atoms with Crippen LogP contribution in [0.5, 0.6) is 0 Å². The lowest BCUT2D eigenvalue weighted by molar-refractivity contribution is 0.531. The number of nitrogens with zero attached hydrogens (tertiary/aromatic N) is 4. The van der Waals surface area contributed by atoms with E-state index in [4.69, 9.17) is 0 Å². The Hall–Kier alpha value is -2.43. The molecular formula is C16H19N5. The molecule has 1 aromatic carbocycles. The molecular weight excluding hydrogens is 262 g/mol. The lowest BCUT2D eigenvalue weighted by atomic mass is 10.1. The van der Waals surface area contributed by atoms with Gasteiger partial charge >= 0.3 is 0 Å². The average molecular weight is 281 g/mol. The molecule has 1 N–H and O–H groups in total. The van der Waals surface area contributed by atoms with Crippen LogP contribution in [0, 0.1) is 6.92 Å². The van der Waals surface area contributed by atoms with E-state index in [1.807, 2.05) is 36.0 Å². The maximum Gasteiger partial charge on any atom is 0.194 e. The molecule has 2 aromatic heterocycles. The first-order valence-corrected chi connectivity index (χ1v) is 7.15. The summed E-state index contributed by atoms with van der Waals surface area (Å²) in [6.45, 7) is 6.18. The zero-order chi connectivity index (χ0) is 14.8. The van der Waals surface area contributed by atoms with Crippen molar-refractivity contribution in [3.05, 3.63) is 53.6 Å². The summed E-state index contributed by atoms with van der Waals surface area (Å²) in [4.78, 5) is 12.3. The van der Waals surface area contributed by atoms with Crippen molar-refractivity contribution in [3.8, 4) is 11.6 Å². The first-order valence-electron chi connectivity index (χ1n) is 7.15. The molecule has 0 aliphatic rings. The van der Waals surface area contributed by atoms with Crippen molar-refractivity contribution in [3.63, 3.8) is 0 Å². The van der Waals surface area contributed by atoms with Gasteiger partial charge in [0.1, 0.15) is 0 Å². The molecule has 3 rings (SSSR count). The Bertz CT molecular complexity index is 724. The normalized spacial score (nSPS) is 11.2. The van der Waals surface area contributed by atoms with Gasteiger partial charge in [-0.3, -0.25) is 0 Å². The predicted octanol–water partition coefficient (Wildman–Crippen LogP) is 3.15. The summed E-state index contributed by atoms with van der Waals surface area (Å²) < 4.78 is 1.93. The minimum Gasteiger partial charge on any atom is -0.339 e. The second kappa shape index (κ2) is 5.52. The van der Waals surface area contributed by atoms with Crippen molar-refractivity contribution < 1.29 is 0 Å². The fraction of sp³-hybridized carbons (Fsp3) is 0.312. The van der Waals surface area contributed by atoms with Gasteiger partial charge in [-0.1, -0.05) is 30.3 Å². The third kappa shape index (κ3) is 2.86. The van der Waals surface area contributed by atoms with Crippen LogP contribution < -0.4 is 0 Å². The van der Waals surface area contributed by atoms with E-state index in [0.29, 0.717) is 0 Å². The lowest BCUT2D eigenvalue weighted by Gasteiger charge is -2.06. The third-order valence-corrected chi connectivity index (χ3v) is 3.28. The Morgan fingerprint density at radius 3 is 2.57 bits per heavy atom. The molecule has 108 valence electrons. The molecule has 5 nitrogen and oxygen atoms in total. The maximum atomic E-state index is 4.67. The van der Waals surface area contributed by atoms with E-state index in [1.165, 1.54) is 5.56 Å². The predicted molar refractivity (Wildman–Crippen MR) is 82.0 cm³/mol. The number of benzene rings is 1. The van der Waals surface area contributed by atoms with Crippen LogP contribution in [0.2, 0.25) is 0 Å². The SMILES string of the molecule is Cc1cnc(-c2nc(Cc3ccccc3)nn2C(C)C)[nH]1. The van der Waals surface area contributed by atoms with Crippen molar-refractivity contribution in [1.29, 1.82) is 0 Å². The summed E-state index contributed by atoms with van der Waals surface area (Å²) in [7, 11) is 0. The first kappa shape index (κ1) is 13.5. The van der Waals surface area contributed by atoms with E-state index in [-0.39, 0.29) is 6.04 Å². The van der Waals surface area contributed by atoms with Crippen molar-refractivity contribution in [2.24, 2.45) is 0 Å². The molecule has 0 fully saturated rings. The molecule has 0 amide bonds. The molecule has 0 radical (unpaired) electrons. The average Bonchev–Trinajstić information content (AvgIpc) is 3.06. The third-order valence-electron chi connectivity index (χ3n) is 3.28. The minimum absolute atomic E-state index is 0.238. The topological polar surface area (TPSA) is 59.4 Å². The summed E-state index contributed by atoms with van der Waals surface area (Å²) in [5, 5.41) is 4.64. The summed E-state index contributed by atoms with van der Waals surface area (Å²) in [5.41, 5.74) is 2.23. The van der Waals surface area contributed by atoms with Gasteiger partial charge < -0.3 is 4.98 Å². The fourth-order valence-corrected chi connectivity index (χ4v) is 2.27. The van der Waals surface area contributed by atoms with Gasteiger partial charge in [-0.2, -0.15) is 5.10 Å². The Balaban J connectivity index is 1.97. The Morgan fingerprint density at radius 1 is 1.19 bits per heavy atom. The fourth-order valence-electron chi connectivity index (χ4n) is 2.27. The van der Waals surface area contributed by atoms with Crippen LogP contribution in [0.1, 0.15) is 37.0 Å². The second-order valence-electron chi connectivity index (χ2n) is 5.47. The van der Waals surface area contributed by atoms with E-state index >= 15 is 0 Å². The molecule has 0 spiro atoms. The number of rotatable bonds is 4. The van der Waals surface area contributed by atoms with Crippen LogP contribution in [0.15, 0.2) is 36.5 Å². The van der Waals surface area contributed by atoms with Crippen LogP contribution >= 0.6 is 0 Å². The number of nitrogens with one attached hydrogen (secondary N) is 1. The smallest absolute Gasteiger partial charge is 0.194 e. The highest BCUT2D eigenvalue weighted by atomic mass is 15.4. The summed E-state index contributed by atoms with van der Waals surface area (Å²) in [5.74, 6) is 2.39. The molecule has 0 aliphatic carbocycles. The highest BCUT2D eigenvalue weighted by Crippen LogP contribution is 2.19. The van der Waals surface area contributed by atoms with E-state index < -0.39 is 0 Å². The molecule has 0 saturated heterocycles. The van der Waals surface area contributed by atoms with Gasteiger partial charge in [-0.25, -0.2) is 14.6 Å². The summed E-state index contributed by atoms with van der Waals surface area (Å²) in [6, 6.07) is 10.5. The molecule has 0 bridgehead atoms. The van der Waals surface area contributed by atoms with Gasteiger partial charge in [0.05, 0.1) is 0 Å². The molecule has 21 heavy (non-hydrogen) atoms. The van der Waals surface area contributed by atoms with E-state index in [9.17, 15) is 0 Å². The van der Waals surface area contributed by atoms with Gasteiger partial charge in [0, 0.05) is 24.4 Å². The first-order chi connectivity index (χ1) is 10.1. The maximum absolute atomic E-state index is 4.67. The van der Waals surface area contributed by atoms with Crippen molar-refractivity contribution in [2.45, 2.75) is 33.2 Å². The van der Waals surface area contributed by atoms with Crippen LogP contribution in [-0.4, -0.2) is 24.7 Å². The van der Waals surface area contributed by atoms with Crippen molar-refractivity contribution in [1.82, 2.24) is 24.7 Å². The Kier molecular flexibility index (Phi) is 3.56. The molecule has 0 saturated carbocycles. The molecule has 2 heterocycles. The molecule has 0 atom stereocenters. The minimum atomic E-state index is 0.238. The molecule has 5 heteroatoms. The van der Waals surface area contributed by atoms with Gasteiger partial charge in [-0.15, -0.1) is 0 Å². The highest BCUT2D eigenvalue weighted by molar-refractivity contribution is 5.44. The number of H-pyrrole nitrogens is 1. The number of aromatic nitrogens is 5.